The van der Waals surface area contributed by atoms with Gasteiger partial charge in [-0.1, -0.05) is 45.0 Å². The summed E-state index contributed by atoms with van der Waals surface area (Å²) in [6.07, 6.45) is 2.63. The molecule has 1 saturated heterocycles. The molecule has 3 nitrogen and oxygen atoms in total. The molecule has 0 saturated carbocycles. The van der Waals surface area contributed by atoms with Crippen LogP contribution >= 0.6 is 0 Å². The van der Waals surface area contributed by atoms with Crippen molar-refractivity contribution in [1.82, 2.24) is 10.2 Å². The average Bonchev–Trinajstić information content (AvgIpc) is 2.89. The van der Waals surface area contributed by atoms with Crippen LogP contribution in [0.25, 0.3) is 0 Å². The van der Waals surface area contributed by atoms with Crippen molar-refractivity contribution >= 4 is 5.96 Å². The number of piperidine rings is 1. The molecule has 3 atom stereocenters. The summed E-state index contributed by atoms with van der Waals surface area (Å²) in [5.41, 5.74) is 2.83. The highest BCUT2D eigenvalue weighted by atomic mass is 15.4. The van der Waals surface area contributed by atoms with Crippen LogP contribution < -0.4 is 5.32 Å². The molecule has 0 spiro atoms. The van der Waals surface area contributed by atoms with E-state index in [2.05, 4.69) is 62.2 Å². The van der Waals surface area contributed by atoms with Gasteiger partial charge in [0.15, 0.2) is 5.96 Å². The zero-order valence-electron chi connectivity index (χ0n) is 14.3. The normalized spacial score (nSPS) is 25.9. The number of guanidine groups is 1. The largest absolute Gasteiger partial charge is 0.350 e. The van der Waals surface area contributed by atoms with E-state index >= 15 is 0 Å². The predicted molar refractivity (Wildman–Crippen MR) is 93.3 cm³/mol. The van der Waals surface area contributed by atoms with Crippen molar-refractivity contribution in [2.75, 3.05) is 13.1 Å². The molecule has 1 fully saturated rings. The van der Waals surface area contributed by atoms with Gasteiger partial charge in [0.2, 0.25) is 0 Å². The lowest BCUT2D eigenvalue weighted by Crippen LogP contribution is -2.48. The molecule has 1 aromatic rings. The number of aliphatic imine (C=N–C) groups is 1. The van der Waals surface area contributed by atoms with Crippen molar-refractivity contribution < 1.29 is 0 Å². The Morgan fingerprint density at radius 2 is 1.86 bits per heavy atom. The third kappa shape index (κ3) is 2.99. The van der Waals surface area contributed by atoms with Crippen LogP contribution in [0.2, 0.25) is 0 Å². The second-order valence-electron chi connectivity index (χ2n) is 7.30. The molecule has 3 unspecified atom stereocenters. The fourth-order valence-electron chi connectivity index (χ4n) is 3.77. The maximum Gasteiger partial charge on any atom is 0.194 e. The fraction of sp³-hybridized carbons (Fsp3) is 0.632. The molecular formula is C19H29N3. The van der Waals surface area contributed by atoms with Gasteiger partial charge in [-0.15, -0.1) is 0 Å². The molecule has 0 aliphatic carbocycles. The second kappa shape index (κ2) is 6.31. The third-order valence-electron chi connectivity index (χ3n) is 5.10. The van der Waals surface area contributed by atoms with Gasteiger partial charge in [-0.05, 0) is 42.7 Å². The lowest BCUT2D eigenvalue weighted by Gasteiger charge is -2.36. The first-order chi connectivity index (χ1) is 10.6. The Kier molecular flexibility index (Phi) is 4.42. The number of benzene rings is 1. The maximum atomic E-state index is 4.79. The summed E-state index contributed by atoms with van der Waals surface area (Å²) in [7, 11) is 0. The molecule has 0 radical (unpaired) electrons. The number of nitrogens with one attached hydrogen (secondary N) is 1. The van der Waals surface area contributed by atoms with E-state index in [9.17, 15) is 0 Å². The molecule has 22 heavy (non-hydrogen) atoms. The van der Waals surface area contributed by atoms with Gasteiger partial charge in [-0.2, -0.15) is 0 Å². The Bertz CT molecular complexity index is 549. The standard InChI is InChI=1S/C19H29N3/c1-13(2)17-7-5-6-8-18(17)15(4)21-19-20-11-16-10-9-14(3)12-22(16)19/h5-8,13-16H,9-12H2,1-4H3,(H,20,21). The molecule has 0 bridgehead atoms. The van der Waals surface area contributed by atoms with Crippen LogP contribution in [0.1, 0.15) is 63.6 Å². The van der Waals surface area contributed by atoms with Gasteiger partial charge in [0.05, 0.1) is 18.6 Å². The molecule has 1 aromatic carbocycles. The predicted octanol–water partition coefficient (Wildman–Crippen LogP) is 3.93. The minimum absolute atomic E-state index is 0.299. The molecule has 0 aromatic heterocycles. The van der Waals surface area contributed by atoms with Gasteiger partial charge in [0.25, 0.3) is 0 Å². The minimum atomic E-state index is 0.299. The van der Waals surface area contributed by atoms with Crippen LogP contribution in [0, 0.1) is 5.92 Å². The first-order valence-corrected chi connectivity index (χ1v) is 8.72. The number of rotatable bonds is 3. The van der Waals surface area contributed by atoms with Gasteiger partial charge in [0.1, 0.15) is 0 Å². The lowest BCUT2D eigenvalue weighted by atomic mass is 9.93. The van der Waals surface area contributed by atoms with E-state index in [4.69, 9.17) is 4.99 Å². The highest BCUT2D eigenvalue weighted by molar-refractivity contribution is 5.82. The van der Waals surface area contributed by atoms with E-state index in [0.29, 0.717) is 18.0 Å². The van der Waals surface area contributed by atoms with E-state index in [1.54, 1.807) is 0 Å². The number of nitrogens with zero attached hydrogens (tertiary/aromatic N) is 2. The third-order valence-corrected chi connectivity index (χ3v) is 5.10. The number of hydrogen-bond donors (Lipinski definition) is 1. The van der Waals surface area contributed by atoms with Crippen LogP contribution in [-0.4, -0.2) is 30.0 Å². The van der Waals surface area contributed by atoms with Gasteiger partial charge < -0.3 is 10.2 Å². The zero-order valence-corrected chi connectivity index (χ0v) is 14.3. The SMILES string of the molecule is CC1CCC2CN=C(NC(C)c3ccccc3C(C)C)N2C1. The Morgan fingerprint density at radius 3 is 2.59 bits per heavy atom. The summed E-state index contributed by atoms with van der Waals surface area (Å²) in [5, 5.41) is 3.69. The van der Waals surface area contributed by atoms with Crippen molar-refractivity contribution in [1.29, 1.82) is 0 Å². The van der Waals surface area contributed by atoms with Crippen molar-refractivity contribution in [3.63, 3.8) is 0 Å². The first kappa shape index (κ1) is 15.4. The van der Waals surface area contributed by atoms with Crippen LogP contribution in [0.4, 0.5) is 0 Å². The summed E-state index contributed by atoms with van der Waals surface area (Å²) >= 11 is 0. The highest BCUT2D eigenvalue weighted by Gasteiger charge is 2.33. The molecule has 3 rings (SSSR count). The van der Waals surface area contributed by atoms with Gasteiger partial charge in [-0.25, -0.2) is 0 Å². The Labute approximate surface area is 134 Å². The Balaban J connectivity index is 1.73. The Hall–Kier alpha value is -1.51. The van der Waals surface area contributed by atoms with Gasteiger partial charge >= 0.3 is 0 Å². The van der Waals surface area contributed by atoms with Crippen molar-refractivity contribution in [3.05, 3.63) is 35.4 Å². The molecule has 0 amide bonds. The smallest absolute Gasteiger partial charge is 0.194 e. The highest BCUT2D eigenvalue weighted by Crippen LogP contribution is 2.28. The maximum absolute atomic E-state index is 4.79. The molecule has 3 heteroatoms. The lowest BCUT2D eigenvalue weighted by molar-refractivity contribution is 0.210. The molecular weight excluding hydrogens is 270 g/mol. The van der Waals surface area contributed by atoms with E-state index in [0.717, 1.165) is 25.0 Å². The van der Waals surface area contributed by atoms with E-state index in [1.807, 2.05) is 0 Å². The summed E-state index contributed by atoms with van der Waals surface area (Å²) in [6.45, 7) is 11.2. The summed E-state index contributed by atoms with van der Waals surface area (Å²) in [4.78, 5) is 7.29. The zero-order chi connectivity index (χ0) is 15.7. The van der Waals surface area contributed by atoms with Crippen LogP contribution in [0.5, 0.6) is 0 Å². The fourth-order valence-corrected chi connectivity index (χ4v) is 3.77. The monoisotopic (exact) mass is 299 g/mol. The molecule has 120 valence electrons. The average molecular weight is 299 g/mol. The molecule has 2 aliphatic rings. The van der Waals surface area contributed by atoms with E-state index in [1.165, 1.54) is 24.0 Å². The van der Waals surface area contributed by atoms with Crippen molar-refractivity contribution in [3.8, 4) is 0 Å². The van der Waals surface area contributed by atoms with Crippen molar-refractivity contribution in [2.24, 2.45) is 10.9 Å². The topological polar surface area (TPSA) is 27.6 Å². The summed E-state index contributed by atoms with van der Waals surface area (Å²) in [6, 6.07) is 9.71. The van der Waals surface area contributed by atoms with Crippen LogP contribution in [-0.2, 0) is 0 Å². The molecule has 2 heterocycles. The van der Waals surface area contributed by atoms with Crippen molar-refractivity contribution in [2.45, 2.75) is 58.5 Å². The summed E-state index contributed by atoms with van der Waals surface area (Å²) in [5.74, 6) is 2.44. The first-order valence-electron chi connectivity index (χ1n) is 8.72. The van der Waals surface area contributed by atoms with E-state index < -0.39 is 0 Å². The van der Waals surface area contributed by atoms with Gasteiger partial charge in [-0.3, -0.25) is 4.99 Å². The quantitative estimate of drug-likeness (QED) is 0.915. The number of fused-ring (bicyclic) bond motifs is 1. The minimum Gasteiger partial charge on any atom is -0.350 e. The second-order valence-corrected chi connectivity index (χ2v) is 7.30. The molecule has 1 N–H and O–H groups in total. The number of hydrogen-bond acceptors (Lipinski definition) is 3. The molecule has 2 aliphatic heterocycles. The van der Waals surface area contributed by atoms with Gasteiger partial charge in [0, 0.05) is 6.54 Å². The van der Waals surface area contributed by atoms with E-state index in [-0.39, 0.29) is 0 Å². The van der Waals surface area contributed by atoms with Crippen LogP contribution in [0.15, 0.2) is 29.3 Å². The van der Waals surface area contributed by atoms with Crippen LogP contribution in [0.3, 0.4) is 0 Å². The Morgan fingerprint density at radius 1 is 1.14 bits per heavy atom. The summed E-state index contributed by atoms with van der Waals surface area (Å²) < 4.78 is 0.